The van der Waals surface area contributed by atoms with Crippen molar-refractivity contribution in [3.8, 4) is 0 Å². The van der Waals surface area contributed by atoms with Gasteiger partial charge < -0.3 is 5.32 Å². The molecule has 0 aliphatic rings. The van der Waals surface area contributed by atoms with Crippen LogP contribution in [0.15, 0.2) is 48.5 Å². The molecule has 2 N–H and O–H groups in total. The number of carbonyl (C=O) groups excluding carboxylic acids is 1. The molecule has 0 spiro atoms. The highest BCUT2D eigenvalue weighted by molar-refractivity contribution is 7.88. The van der Waals surface area contributed by atoms with Crippen LogP contribution < -0.4 is 10.0 Å². The van der Waals surface area contributed by atoms with E-state index in [0.29, 0.717) is 17.1 Å². The zero-order chi connectivity index (χ0) is 17.6. The third kappa shape index (κ3) is 6.31. The van der Waals surface area contributed by atoms with Crippen LogP contribution in [0.1, 0.15) is 16.7 Å². The predicted molar refractivity (Wildman–Crippen MR) is 95.1 cm³/mol. The average Bonchev–Trinajstić information content (AvgIpc) is 2.54. The lowest BCUT2D eigenvalue weighted by atomic mass is 10.1. The lowest BCUT2D eigenvalue weighted by Crippen LogP contribution is -2.37. The maximum Gasteiger partial charge on any atom is 0.235 e. The normalized spacial score (nSPS) is 11.2. The van der Waals surface area contributed by atoms with Crippen LogP contribution >= 0.6 is 11.6 Å². The van der Waals surface area contributed by atoms with E-state index in [-0.39, 0.29) is 18.2 Å². The lowest BCUT2D eigenvalue weighted by Gasteiger charge is -2.08. The topological polar surface area (TPSA) is 75.3 Å². The number of benzene rings is 2. The maximum absolute atomic E-state index is 12.0. The third-order valence-electron chi connectivity index (χ3n) is 3.33. The van der Waals surface area contributed by atoms with E-state index < -0.39 is 10.0 Å². The third-order valence-corrected chi connectivity index (χ3v) is 4.88. The molecule has 0 saturated carbocycles. The van der Waals surface area contributed by atoms with Crippen molar-refractivity contribution in [1.82, 2.24) is 10.0 Å². The molecule has 128 valence electrons. The average molecular weight is 367 g/mol. The molecular formula is C17H19ClN2O3S. The number of nitrogens with one attached hydrogen (secondary N) is 2. The highest BCUT2D eigenvalue weighted by atomic mass is 35.5. The fraction of sp³-hybridized carbons (Fsp3) is 0.235. The SMILES string of the molecule is Cc1ccc(CNC(=O)CNS(=O)(=O)Cc2ccc(Cl)cc2)cc1. The maximum atomic E-state index is 12.0. The molecule has 0 bridgehead atoms. The van der Waals surface area contributed by atoms with E-state index in [1.54, 1.807) is 24.3 Å². The quantitative estimate of drug-likeness (QED) is 0.790. The van der Waals surface area contributed by atoms with Gasteiger partial charge in [0.2, 0.25) is 15.9 Å². The van der Waals surface area contributed by atoms with Gasteiger partial charge in [0.15, 0.2) is 0 Å². The molecule has 2 aromatic rings. The van der Waals surface area contributed by atoms with Gasteiger partial charge in [-0.2, -0.15) is 0 Å². The Balaban J connectivity index is 1.79. The second-order valence-corrected chi connectivity index (χ2v) is 7.71. The number of amides is 1. The van der Waals surface area contributed by atoms with Gasteiger partial charge >= 0.3 is 0 Å². The van der Waals surface area contributed by atoms with Crippen LogP contribution in [0.4, 0.5) is 0 Å². The minimum absolute atomic E-state index is 0.199. The summed E-state index contributed by atoms with van der Waals surface area (Å²) in [5.41, 5.74) is 2.70. The first kappa shape index (κ1) is 18.4. The Morgan fingerprint density at radius 2 is 1.58 bits per heavy atom. The van der Waals surface area contributed by atoms with E-state index in [1.165, 1.54) is 0 Å². The van der Waals surface area contributed by atoms with E-state index in [9.17, 15) is 13.2 Å². The highest BCUT2D eigenvalue weighted by Crippen LogP contribution is 2.11. The van der Waals surface area contributed by atoms with E-state index in [2.05, 4.69) is 10.0 Å². The molecule has 0 saturated heterocycles. The van der Waals surface area contributed by atoms with Gasteiger partial charge in [0.25, 0.3) is 0 Å². The molecule has 2 rings (SSSR count). The zero-order valence-corrected chi connectivity index (χ0v) is 14.8. The van der Waals surface area contributed by atoms with Crippen molar-refractivity contribution >= 4 is 27.5 Å². The Bertz CT molecular complexity index is 788. The van der Waals surface area contributed by atoms with Gasteiger partial charge in [-0.1, -0.05) is 53.6 Å². The molecule has 0 atom stereocenters. The summed E-state index contributed by atoms with van der Waals surface area (Å²) >= 11 is 5.76. The summed E-state index contributed by atoms with van der Waals surface area (Å²) in [7, 11) is -3.59. The fourth-order valence-electron chi connectivity index (χ4n) is 2.00. The van der Waals surface area contributed by atoms with Crippen molar-refractivity contribution < 1.29 is 13.2 Å². The minimum Gasteiger partial charge on any atom is -0.351 e. The van der Waals surface area contributed by atoms with Gasteiger partial charge in [-0.25, -0.2) is 13.1 Å². The lowest BCUT2D eigenvalue weighted by molar-refractivity contribution is -0.120. The summed E-state index contributed by atoms with van der Waals surface area (Å²) in [5.74, 6) is -0.578. The summed E-state index contributed by atoms with van der Waals surface area (Å²) in [6, 6.07) is 14.3. The van der Waals surface area contributed by atoms with Gasteiger partial charge in [-0.3, -0.25) is 4.79 Å². The fourth-order valence-corrected chi connectivity index (χ4v) is 3.21. The number of hydrogen-bond acceptors (Lipinski definition) is 3. The summed E-state index contributed by atoms with van der Waals surface area (Å²) in [6.07, 6.45) is 0. The molecule has 0 heterocycles. The smallest absolute Gasteiger partial charge is 0.235 e. The zero-order valence-electron chi connectivity index (χ0n) is 13.3. The van der Waals surface area contributed by atoms with Gasteiger partial charge in [-0.05, 0) is 30.2 Å². The van der Waals surface area contributed by atoms with E-state index in [4.69, 9.17) is 11.6 Å². The monoisotopic (exact) mass is 366 g/mol. The van der Waals surface area contributed by atoms with Crippen LogP contribution in [0.2, 0.25) is 5.02 Å². The molecule has 2 aromatic carbocycles. The number of sulfonamides is 1. The van der Waals surface area contributed by atoms with Crippen LogP contribution in [0.25, 0.3) is 0 Å². The van der Waals surface area contributed by atoms with Crippen molar-refractivity contribution in [2.75, 3.05) is 6.54 Å². The summed E-state index contributed by atoms with van der Waals surface area (Å²) in [4.78, 5) is 11.8. The molecule has 7 heteroatoms. The van der Waals surface area contributed by atoms with E-state index in [0.717, 1.165) is 11.1 Å². The Hall–Kier alpha value is -1.89. The molecule has 0 radical (unpaired) electrons. The predicted octanol–water partition coefficient (Wildman–Crippen LogP) is 2.38. The minimum atomic E-state index is -3.59. The van der Waals surface area contributed by atoms with E-state index >= 15 is 0 Å². The van der Waals surface area contributed by atoms with Crippen molar-refractivity contribution in [2.45, 2.75) is 19.2 Å². The molecule has 1 amide bonds. The Morgan fingerprint density at radius 1 is 1.00 bits per heavy atom. The second kappa shape index (κ2) is 8.28. The summed E-state index contributed by atoms with van der Waals surface area (Å²) in [5, 5.41) is 3.22. The van der Waals surface area contributed by atoms with Gasteiger partial charge in [-0.15, -0.1) is 0 Å². The Labute approximate surface area is 147 Å². The first-order valence-electron chi connectivity index (χ1n) is 7.38. The number of halogens is 1. The molecule has 24 heavy (non-hydrogen) atoms. The molecular weight excluding hydrogens is 348 g/mol. The molecule has 0 fully saturated rings. The van der Waals surface area contributed by atoms with Gasteiger partial charge in [0.1, 0.15) is 0 Å². The van der Waals surface area contributed by atoms with Gasteiger partial charge in [0, 0.05) is 11.6 Å². The van der Waals surface area contributed by atoms with Gasteiger partial charge in [0.05, 0.1) is 12.3 Å². The van der Waals surface area contributed by atoms with Crippen LogP contribution in [0.5, 0.6) is 0 Å². The van der Waals surface area contributed by atoms with Crippen molar-refractivity contribution in [3.05, 3.63) is 70.2 Å². The van der Waals surface area contributed by atoms with Crippen LogP contribution in [-0.2, 0) is 27.1 Å². The second-order valence-electron chi connectivity index (χ2n) is 5.47. The molecule has 0 aliphatic heterocycles. The highest BCUT2D eigenvalue weighted by Gasteiger charge is 2.13. The number of aryl methyl sites for hydroxylation is 1. The Kier molecular flexibility index (Phi) is 6.36. The van der Waals surface area contributed by atoms with Crippen molar-refractivity contribution in [2.24, 2.45) is 0 Å². The molecule has 5 nitrogen and oxygen atoms in total. The van der Waals surface area contributed by atoms with Crippen LogP contribution in [0.3, 0.4) is 0 Å². The van der Waals surface area contributed by atoms with E-state index in [1.807, 2.05) is 31.2 Å². The molecule has 0 aromatic heterocycles. The van der Waals surface area contributed by atoms with Crippen LogP contribution in [0, 0.1) is 6.92 Å². The Morgan fingerprint density at radius 3 is 2.21 bits per heavy atom. The molecule has 0 aliphatic carbocycles. The van der Waals surface area contributed by atoms with Crippen molar-refractivity contribution in [1.29, 1.82) is 0 Å². The number of hydrogen-bond donors (Lipinski definition) is 2. The number of rotatable bonds is 7. The summed E-state index contributed by atoms with van der Waals surface area (Å²) < 4.78 is 26.2. The van der Waals surface area contributed by atoms with Crippen molar-refractivity contribution in [3.63, 3.8) is 0 Å². The first-order valence-corrected chi connectivity index (χ1v) is 9.41. The standard InChI is InChI=1S/C17H19ClN2O3S/c1-13-2-4-14(5-3-13)10-19-17(21)11-20-24(22,23)12-15-6-8-16(18)9-7-15/h2-9,20H,10-12H2,1H3,(H,19,21). The summed E-state index contributed by atoms with van der Waals surface area (Å²) in [6.45, 7) is 2.05. The largest absolute Gasteiger partial charge is 0.351 e. The number of carbonyl (C=O) groups is 1. The van der Waals surface area contributed by atoms with Crippen LogP contribution in [-0.4, -0.2) is 20.9 Å². The first-order chi connectivity index (χ1) is 11.3. The molecule has 0 unspecified atom stereocenters.